The first-order valence-corrected chi connectivity index (χ1v) is 7.18. The molecule has 0 aliphatic carbocycles. The van der Waals surface area contributed by atoms with Gasteiger partial charge in [0.25, 0.3) is 5.91 Å². The van der Waals surface area contributed by atoms with E-state index in [1.165, 1.54) is 11.2 Å². The number of hydrogen-bond donors (Lipinski definition) is 3. The van der Waals surface area contributed by atoms with Crippen molar-refractivity contribution in [2.75, 3.05) is 19.9 Å². The number of esters is 1. The molecule has 1 unspecified atom stereocenters. The molecule has 0 aromatic heterocycles. The highest BCUT2D eigenvalue weighted by molar-refractivity contribution is 6.23. The van der Waals surface area contributed by atoms with Crippen molar-refractivity contribution >= 4 is 42.4 Å². The zero-order chi connectivity index (χ0) is 17.0. The fraction of sp³-hybridized carbons (Fsp3) is 0.615. The van der Waals surface area contributed by atoms with Gasteiger partial charge in [-0.25, -0.2) is 0 Å². The smallest absolute Gasteiger partial charge is 0.323 e. The first kappa shape index (κ1) is 22.9. The zero-order valence-corrected chi connectivity index (χ0v) is 14.7. The summed E-state index contributed by atoms with van der Waals surface area (Å²) in [4.78, 5) is 32.6. The summed E-state index contributed by atoms with van der Waals surface area (Å²) in [6, 6.07) is -1.39. The lowest BCUT2D eigenvalue weighted by molar-refractivity contribution is -0.148. The van der Waals surface area contributed by atoms with E-state index in [9.17, 15) is 9.59 Å². The van der Waals surface area contributed by atoms with E-state index in [0.29, 0.717) is 5.84 Å². The van der Waals surface area contributed by atoms with E-state index < -0.39 is 24.0 Å². The van der Waals surface area contributed by atoms with Gasteiger partial charge in [0, 0.05) is 0 Å². The van der Waals surface area contributed by atoms with Crippen LogP contribution in [0.25, 0.3) is 0 Å². The van der Waals surface area contributed by atoms with Crippen LogP contribution in [0.3, 0.4) is 0 Å². The molecule has 0 bridgehead atoms. The minimum Gasteiger partial charge on any atom is -0.462 e. The largest absolute Gasteiger partial charge is 0.462 e. The minimum absolute atomic E-state index is 0. The molecule has 2 aliphatic heterocycles. The molecule has 142 valence electrons. The molecule has 2 aliphatic rings. The van der Waals surface area contributed by atoms with Crippen LogP contribution in [-0.2, 0) is 19.1 Å². The molecule has 12 heteroatoms. The number of nitrogens with two attached hydrogens (primary N) is 1. The summed E-state index contributed by atoms with van der Waals surface area (Å²) in [5, 5.41) is 9.70. The Hall–Kier alpha value is -2.08. The lowest BCUT2D eigenvalue weighted by Gasteiger charge is -2.21. The molecule has 6 N–H and O–H groups in total. The van der Waals surface area contributed by atoms with E-state index in [2.05, 4.69) is 15.3 Å². The van der Waals surface area contributed by atoms with Gasteiger partial charge >= 0.3 is 5.97 Å². The lowest BCUT2D eigenvalue weighted by atomic mass is 10.1. The molecule has 0 aromatic rings. The Bertz CT molecular complexity index is 567. The van der Waals surface area contributed by atoms with E-state index in [1.807, 2.05) is 13.8 Å². The maximum Gasteiger partial charge on any atom is 0.323 e. The number of hydrogen-bond acceptors (Lipinski definition) is 8. The predicted octanol–water partition coefficient (Wildman–Crippen LogP) is -1.74. The van der Waals surface area contributed by atoms with Gasteiger partial charge in [0.05, 0.1) is 12.9 Å². The van der Waals surface area contributed by atoms with Gasteiger partial charge in [-0.3, -0.25) is 30.2 Å². The number of amides is 1. The molecule has 0 saturated heterocycles. The molecule has 2 atom stereocenters. The number of amidine groups is 1. The van der Waals surface area contributed by atoms with Crippen LogP contribution in [0.4, 0.5) is 0 Å². The van der Waals surface area contributed by atoms with Crippen molar-refractivity contribution in [3.8, 4) is 0 Å². The fourth-order valence-electron chi connectivity index (χ4n) is 1.90. The zero-order valence-electron chi connectivity index (χ0n) is 13.9. The molecular weight excluding hydrogens is 356 g/mol. The highest BCUT2D eigenvalue weighted by Gasteiger charge is 2.36. The molecule has 0 spiro atoms. The summed E-state index contributed by atoms with van der Waals surface area (Å²) in [6.07, 6.45) is 1.43. The monoisotopic (exact) mass is 378 g/mol. The second kappa shape index (κ2) is 10.0. The molecule has 11 nitrogen and oxygen atoms in total. The average Bonchev–Trinajstić information content (AvgIpc) is 2.89. The summed E-state index contributed by atoms with van der Waals surface area (Å²) in [7, 11) is 0. The lowest BCUT2D eigenvalue weighted by Crippen LogP contribution is -2.49. The topological polar surface area (TPSA) is 174 Å². The number of ether oxygens (including phenoxy) is 2. The second-order valence-corrected chi connectivity index (χ2v) is 5.42. The van der Waals surface area contributed by atoms with Crippen LogP contribution in [0.15, 0.2) is 9.98 Å². The van der Waals surface area contributed by atoms with Crippen LogP contribution >= 0.6 is 12.4 Å². The van der Waals surface area contributed by atoms with Gasteiger partial charge in [-0.05, 0) is 5.92 Å². The highest BCUT2D eigenvalue weighted by Crippen LogP contribution is 2.11. The molecule has 0 fully saturated rings. The van der Waals surface area contributed by atoms with Crippen molar-refractivity contribution in [1.82, 2.24) is 10.2 Å². The van der Waals surface area contributed by atoms with Gasteiger partial charge in [0.2, 0.25) is 5.96 Å². The molecular formula is C13H23ClN6O5. The maximum absolute atomic E-state index is 11.6. The number of guanidine groups is 1. The summed E-state index contributed by atoms with van der Waals surface area (Å²) >= 11 is 0. The normalized spacial score (nSPS) is 19.4. The highest BCUT2D eigenvalue weighted by atomic mass is 35.5. The van der Waals surface area contributed by atoms with Gasteiger partial charge in [0.15, 0.2) is 6.04 Å². The quantitative estimate of drug-likeness (QED) is 0.350. The van der Waals surface area contributed by atoms with Gasteiger partial charge in [-0.2, -0.15) is 4.99 Å². The fourth-order valence-corrected chi connectivity index (χ4v) is 1.90. The molecule has 25 heavy (non-hydrogen) atoms. The van der Waals surface area contributed by atoms with Crippen molar-refractivity contribution in [3.63, 3.8) is 0 Å². The van der Waals surface area contributed by atoms with Crippen LogP contribution in [0.2, 0.25) is 0 Å². The Morgan fingerprint density at radius 3 is 2.80 bits per heavy atom. The van der Waals surface area contributed by atoms with E-state index in [0.717, 1.165) is 0 Å². The van der Waals surface area contributed by atoms with Crippen LogP contribution in [0.5, 0.6) is 0 Å². The molecule has 0 aromatic carbocycles. The van der Waals surface area contributed by atoms with Gasteiger partial charge in [0.1, 0.15) is 25.2 Å². The number of fused-ring (bicyclic) bond motifs is 1. The summed E-state index contributed by atoms with van der Waals surface area (Å²) in [5.41, 5.74) is 5.66. The van der Waals surface area contributed by atoms with Crippen LogP contribution in [-0.4, -0.2) is 72.4 Å². The number of nitrogens with one attached hydrogen (secondary N) is 2. The summed E-state index contributed by atoms with van der Waals surface area (Å²) < 4.78 is 10.4. The third-order valence-electron chi connectivity index (χ3n) is 3.30. The molecule has 0 saturated carbocycles. The Morgan fingerprint density at radius 1 is 1.48 bits per heavy atom. The van der Waals surface area contributed by atoms with Crippen molar-refractivity contribution in [2.45, 2.75) is 25.9 Å². The van der Waals surface area contributed by atoms with Crippen molar-refractivity contribution in [1.29, 1.82) is 5.41 Å². The number of nitrogens with zero attached hydrogens (tertiary/aromatic N) is 3. The van der Waals surface area contributed by atoms with E-state index in [4.69, 9.17) is 20.6 Å². The second-order valence-electron chi connectivity index (χ2n) is 5.42. The predicted molar refractivity (Wildman–Crippen MR) is 92.9 cm³/mol. The van der Waals surface area contributed by atoms with Gasteiger partial charge in [-0.1, -0.05) is 13.8 Å². The third-order valence-corrected chi connectivity index (χ3v) is 3.30. The Morgan fingerprint density at radius 2 is 2.16 bits per heavy atom. The number of halogens is 1. The number of aliphatic imine (C=N–C) groups is 2. The van der Waals surface area contributed by atoms with Crippen LogP contribution < -0.4 is 11.1 Å². The van der Waals surface area contributed by atoms with E-state index in [1.54, 1.807) is 0 Å². The number of carbonyl (C=O) groups excluding carboxylic acids is 2. The number of rotatable bonds is 7. The molecule has 1 amide bonds. The van der Waals surface area contributed by atoms with Crippen LogP contribution in [0, 0.1) is 11.3 Å². The third kappa shape index (κ3) is 5.74. The van der Waals surface area contributed by atoms with Crippen molar-refractivity contribution in [3.05, 3.63) is 0 Å². The Balaban J connectivity index is 0.00000288. The average molecular weight is 379 g/mol. The SMILES string of the molecule is CC(C)[C@H](N)C(=O)OCCOCN1C=NC2C(=O)NC(=N)N=C21.Cl.O. The summed E-state index contributed by atoms with van der Waals surface area (Å²) in [6.45, 7) is 4.01. The summed E-state index contributed by atoms with van der Waals surface area (Å²) in [5.74, 6) is -0.735. The van der Waals surface area contributed by atoms with Crippen molar-refractivity contribution in [2.24, 2.45) is 21.6 Å². The molecule has 0 radical (unpaired) electrons. The maximum atomic E-state index is 11.6. The van der Waals surface area contributed by atoms with Crippen molar-refractivity contribution < 1.29 is 24.5 Å². The number of carbonyl (C=O) groups is 2. The minimum atomic E-state index is -0.741. The molecule has 2 heterocycles. The van der Waals surface area contributed by atoms with E-state index >= 15 is 0 Å². The first-order valence-electron chi connectivity index (χ1n) is 7.18. The van der Waals surface area contributed by atoms with Crippen LogP contribution in [0.1, 0.15) is 13.8 Å². The molecule has 2 rings (SSSR count). The van der Waals surface area contributed by atoms with Gasteiger partial charge < -0.3 is 20.7 Å². The Kier molecular flexibility index (Phi) is 9.20. The first-order chi connectivity index (χ1) is 10.9. The van der Waals surface area contributed by atoms with E-state index in [-0.39, 0.29) is 49.7 Å². The standard InChI is InChI=1S/C13H20N6O4.ClH.H2O/c1-7(2)8(14)12(21)23-4-3-22-6-19-5-16-9-10(19)17-13(15)18-11(9)20;;/h5,7-9H,3-4,6,14H2,1-2H3,(H2,15,18,20);1H;1H2/t8-,9?;;/m0../s1. The van der Waals surface area contributed by atoms with Gasteiger partial charge in [-0.15, -0.1) is 12.4 Å². The Labute approximate surface area is 150 Å².